The van der Waals surface area contributed by atoms with Crippen molar-refractivity contribution < 1.29 is 13.9 Å². The Labute approximate surface area is 83.8 Å². The van der Waals surface area contributed by atoms with Crippen LogP contribution < -0.4 is 4.74 Å². The first kappa shape index (κ1) is 8.97. The van der Waals surface area contributed by atoms with E-state index in [0.29, 0.717) is 22.4 Å². The monoisotopic (exact) mass is 246 g/mol. The van der Waals surface area contributed by atoms with Crippen LogP contribution in [0, 0.1) is 5.82 Å². The number of epoxide rings is 1. The molecule has 0 aliphatic carbocycles. The smallest absolute Gasteiger partial charge is 0.133 e. The second-order valence-electron chi connectivity index (χ2n) is 2.83. The Hall–Kier alpha value is -0.610. The molecule has 1 atom stereocenters. The molecule has 0 saturated carbocycles. The quantitative estimate of drug-likeness (QED) is 0.749. The number of hydrogen-bond acceptors (Lipinski definition) is 2. The van der Waals surface area contributed by atoms with Crippen molar-refractivity contribution in [2.24, 2.45) is 0 Å². The zero-order valence-corrected chi connectivity index (χ0v) is 8.60. The third-order valence-corrected chi connectivity index (χ3v) is 2.39. The van der Waals surface area contributed by atoms with Gasteiger partial charge in [0.2, 0.25) is 0 Å². The van der Waals surface area contributed by atoms with Crippen molar-refractivity contribution in [1.29, 1.82) is 0 Å². The number of ether oxygens (including phenoxy) is 2. The van der Waals surface area contributed by atoms with Crippen molar-refractivity contribution in [3.63, 3.8) is 0 Å². The summed E-state index contributed by atoms with van der Waals surface area (Å²) in [4.78, 5) is 0. The van der Waals surface area contributed by atoms with E-state index in [0.717, 1.165) is 0 Å². The predicted molar refractivity (Wildman–Crippen MR) is 49.3 cm³/mol. The molecule has 0 amide bonds. The summed E-state index contributed by atoms with van der Waals surface area (Å²) in [6.07, 6.45) is -0.122. The third-order valence-electron chi connectivity index (χ3n) is 1.93. The molecule has 0 radical (unpaired) electrons. The van der Waals surface area contributed by atoms with Gasteiger partial charge in [-0.1, -0.05) is 15.9 Å². The van der Waals surface area contributed by atoms with Gasteiger partial charge in [-0.25, -0.2) is 4.39 Å². The predicted octanol–water partition coefficient (Wildman–Crippen LogP) is 2.67. The van der Waals surface area contributed by atoms with Gasteiger partial charge < -0.3 is 9.47 Å². The minimum absolute atomic E-state index is 0.122. The van der Waals surface area contributed by atoms with E-state index in [2.05, 4.69) is 15.9 Å². The Morgan fingerprint density at radius 2 is 2.31 bits per heavy atom. The van der Waals surface area contributed by atoms with Crippen molar-refractivity contribution in [2.75, 3.05) is 13.7 Å². The van der Waals surface area contributed by atoms with Crippen LogP contribution in [0.2, 0.25) is 0 Å². The fourth-order valence-corrected chi connectivity index (χ4v) is 1.67. The molecule has 1 aliphatic rings. The van der Waals surface area contributed by atoms with Crippen molar-refractivity contribution in [3.8, 4) is 5.75 Å². The van der Waals surface area contributed by atoms with Gasteiger partial charge in [-0.2, -0.15) is 0 Å². The molecule has 0 bridgehead atoms. The number of rotatable bonds is 2. The number of methoxy groups -OCH3 is 1. The van der Waals surface area contributed by atoms with E-state index in [1.165, 1.54) is 13.2 Å². The van der Waals surface area contributed by atoms with Crippen LogP contribution in [-0.2, 0) is 4.74 Å². The number of benzene rings is 1. The van der Waals surface area contributed by atoms with Gasteiger partial charge in [-0.3, -0.25) is 0 Å². The van der Waals surface area contributed by atoms with Crippen LogP contribution in [0.1, 0.15) is 11.7 Å². The molecule has 1 aliphatic heterocycles. The highest BCUT2D eigenvalue weighted by Gasteiger charge is 2.31. The third kappa shape index (κ3) is 1.69. The van der Waals surface area contributed by atoms with E-state index in [4.69, 9.17) is 9.47 Å². The first-order valence-electron chi connectivity index (χ1n) is 3.87. The molecule has 70 valence electrons. The first-order valence-corrected chi connectivity index (χ1v) is 4.66. The van der Waals surface area contributed by atoms with Gasteiger partial charge in [0.1, 0.15) is 17.7 Å². The molecule has 1 aromatic carbocycles. The molecule has 0 spiro atoms. The average Bonchev–Trinajstić information content (AvgIpc) is 2.86. The molecule has 1 aromatic rings. The molecule has 2 nitrogen and oxygen atoms in total. The van der Waals surface area contributed by atoms with Crippen LogP contribution in [0.4, 0.5) is 4.39 Å². The lowest BCUT2D eigenvalue weighted by atomic mass is 10.1. The van der Waals surface area contributed by atoms with Crippen LogP contribution in [0.3, 0.4) is 0 Å². The average molecular weight is 247 g/mol. The highest BCUT2D eigenvalue weighted by atomic mass is 79.9. The van der Waals surface area contributed by atoms with Gasteiger partial charge in [0.25, 0.3) is 0 Å². The van der Waals surface area contributed by atoms with Crippen LogP contribution in [0.15, 0.2) is 16.6 Å². The lowest BCUT2D eigenvalue weighted by Gasteiger charge is -2.07. The highest BCUT2D eigenvalue weighted by Crippen LogP contribution is 2.39. The molecule has 1 saturated heterocycles. The number of halogens is 2. The highest BCUT2D eigenvalue weighted by molar-refractivity contribution is 9.10. The van der Waals surface area contributed by atoms with Gasteiger partial charge in [-0.15, -0.1) is 0 Å². The van der Waals surface area contributed by atoms with Crippen molar-refractivity contribution in [1.82, 2.24) is 0 Å². The Morgan fingerprint density at radius 3 is 2.85 bits per heavy atom. The molecule has 1 fully saturated rings. The Balaban J connectivity index is 2.50. The first-order chi connectivity index (χ1) is 6.22. The second-order valence-corrected chi connectivity index (χ2v) is 3.74. The summed E-state index contributed by atoms with van der Waals surface area (Å²) in [5.74, 6) is 0.253. The van der Waals surface area contributed by atoms with E-state index in [9.17, 15) is 4.39 Å². The zero-order chi connectivity index (χ0) is 9.42. The molecule has 0 N–H and O–H groups in total. The SMILES string of the molecule is COc1cc(Br)cc(F)c1C1CO1. The van der Waals surface area contributed by atoms with Crippen LogP contribution in [0.25, 0.3) is 0 Å². The molecule has 4 heteroatoms. The molecular weight excluding hydrogens is 239 g/mol. The van der Waals surface area contributed by atoms with E-state index in [1.54, 1.807) is 6.07 Å². The summed E-state index contributed by atoms with van der Waals surface area (Å²) in [6.45, 7) is 0.578. The summed E-state index contributed by atoms with van der Waals surface area (Å²) in [5.41, 5.74) is 0.519. The maximum absolute atomic E-state index is 13.4. The molecule has 1 heterocycles. The fraction of sp³-hybridized carbons (Fsp3) is 0.333. The summed E-state index contributed by atoms with van der Waals surface area (Å²) in [7, 11) is 1.52. The minimum atomic E-state index is -0.284. The van der Waals surface area contributed by atoms with Crippen LogP contribution in [0.5, 0.6) is 5.75 Å². The van der Waals surface area contributed by atoms with Crippen molar-refractivity contribution in [3.05, 3.63) is 28.0 Å². The van der Waals surface area contributed by atoms with Gasteiger partial charge >= 0.3 is 0 Å². The second kappa shape index (κ2) is 3.27. The standard InChI is InChI=1S/C9H8BrFO2/c1-12-7-3-5(10)2-6(11)9(7)8-4-13-8/h2-3,8H,4H2,1H3. The zero-order valence-electron chi connectivity index (χ0n) is 7.01. The topological polar surface area (TPSA) is 21.8 Å². The summed E-state index contributed by atoms with van der Waals surface area (Å²) in [6, 6.07) is 3.15. The Morgan fingerprint density at radius 1 is 1.62 bits per heavy atom. The molecule has 0 aromatic heterocycles. The fourth-order valence-electron chi connectivity index (χ4n) is 1.26. The lowest BCUT2D eigenvalue weighted by molar-refractivity contribution is 0.374. The normalized spacial score (nSPS) is 20.1. The number of hydrogen-bond donors (Lipinski definition) is 0. The van der Waals surface area contributed by atoms with Gasteiger partial charge in [0.15, 0.2) is 0 Å². The lowest BCUT2D eigenvalue weighted by Crippen LogP contribution is -1.95. The van der Waals surface area contributed by atoms with Crippen molar-refractivity contribution >= 4 is 15.9 Å². The van der Waals surface area contributed by atoms with Crippen LogP contribution >= 0.6 is 15.9 Å². The Kier molecular flexibility index (Phi) is 2.26. The minimum Gasteiger partial charge on any atom is -0.496 e. The van der Waals surface area contributed by atoms with Crippen LogP contribution in [-0.4, -0.2) is 13.7 Å². The van der Waals surface area contributed by atoms with Gasteiger partial charge in [-0.05, 0) is 12.1 Å². The van der Waals surface area contributed by atoms with E-state index >= 15 is 0 Å². The Bertz CT molecular complexity index is 337. The maximum atomic E-state index is 13.4. The van der Waals surface area contributed by atoms with Crippen molar-refractivity contribution in [2.45, 2.75) is 6.10 Å². The molecule has 1 unspecified atom stereocenters. The van der Waals surface area contributed by atoms with Gasteiger partial charge in [0, 0.05) is 4.47 Å². The van der Waals surface area contributed by atoms with E-state index < -0.39 is 0 Å². The molecule has 13 heavy (non-hydrogen) atoms. The molecule has 2 rings (SSSR count). The van der Waals surface area contributed by atoms with E-state index in [-0.39, 0.29) is 11.9 Å². The summed E-state index contributed by atoms with van der Waals surface area (Å²) >= 11 is 3.20. The van der Waals surface area contributed by atoms with E-state index in [1.807, 2.05) is 0 Å². The maximum Gasteiger partial charge on any atom is 0.133 e. The summed E-state index contributed by atoms with van der Waals surface area (Å²) in [5, 5.41) is 0. The largest absolute Gasteiger partial charge is 0.496 e. The molecular formula is C9H8BrFO2. The summed E-state index contributed by atoms with van der Waals surface area (Å²) < 4.78 is 24.2. The van der Waals surface area contributed by atoms with Gasteiger partial charge in [0.05, 0.1) is 19.3 Å².